The highest BCUT2D eigenvalue weighted by molar-refractivity contribution is 6.25. The summed E-state index contributed by atoms with van der Waals surface area (Å²) in [6.45, 7) is 13.0. The van der Waals surface area contributed by atoms with Crippen molar-refractivity contribution in [1.29, 1.82) is 0 Å². The molecule has 3 rings (SSSR count). The van der Waals surface area contributed by atoms with Crippen LogP contribution in [-0.2, 0) is 61.7 Å². The van der Waals surface area contributed by atoms with Gasteiger partial charge in [0.15, 0.2) is 0 Å². The molecule has 1 atom stereocenters. The van der Waals surface area contributed by atoms with Crippen molar-refractivity contribution in [1.82, 2.24) is 10.2 Å². The van der Waals surface area contributed by atoms with Crippen LogP contribution in [0.5, 0.6) is 0 Å². The van der Waals surface area contributed by atoms with E-state index in [9.17, 15) is 19.2 Å². The van der Waals surface area contributed by atoms with Crippen LogP contribution in [0.3, 0.4) is 0 Å². The first kappa shape index (κ1) is 46.2. The zero-order chi connectivity index (χ0) is 39.2. The van der Waals surface area contributed by atoms with Gasteiger partial charge in [-0.15, -0.1) is 0 Å². The molecule has 0 radical (unpaired) electrons. The number of benzene rings is 1. The topological polar surface area (TPSA) is 197 Å². The molecule has 312 valence electrons. The predicted molar refractivity (Wildman–Crippen MR) is 196 cm³/mol. The van der Waals surface area contributed by atoms with Crippen LogP contribution >= 0.6 is 0 Å². The molecule has 1 aromatic rings. The number of nitrogens with one attached hydrogen (secondary N) is 2. The molecule has 0 aromatic heterocycles. The number of amides is 4. The fraction of sp³-hybridized carbons (Fsp3) is 0.730. The summed E-state index contributed by atoms with van der Waals surface area (Å²) in [7, 11) is 0. The lowest BCUT2D eigenvalue weighted by Crippen LogP contribution is -2.54. The molecular formula is C37H59N3O15. The SMILES string of the molecule is CCOCCOCCOCCOCCOCCOCCOCCOCCOCCOCCOCCNc1cccc2c1C(=O)N(C1CCC(=O)NC1=O)C2=O. The van der Waals surface area contributed by atoms with E-state index in [1.54, 1.807) is 18.2 Å². The van der Waals surface area contributed by atoms with Gasteiger partial charge in [0.05, 0.1) is 150 Å². The van der Waals surface area contributed by atoms with Gasteiger partial charge >= 0.3 is 0 Å². The number of nitrogens with zero attached hydrogens (tertiary/aromatic N) is 1. The number of hydrogen-bond acceptors (Lipinski definition) is 16. The Hall–Kier alpha value is -3.14. The summed E-state index contributed by atoms with van der Waals surface area (Å²) < 4.78 is 60.0. The maximum Gasteiger partial charge on any atom is 0.264 e. The fourth-order valence-corrected chi connectivity index (χ4v) is 5.26. The fourth-order valence-electron chi connectivity index (χ4n) is 5.26. The minimum atomic E-state index is -1.01. The van der Waals surface area contributed by atoms with Gasteiger partial charge in [0, 0.05) is 25.3 Å². The molecule has 2 aliphatic rings. The summed E-state index contributed by atoms with van der Waals surface area (Å²) in [4.78, 5) is 50.9. The second kappa shape index (κ2) is 30.1. The predicted octanol–water partition coefficient (Wildman–Crippen LogP) is 0.702. The number of imide groups is 2. The van der Waals surface area contributed by atoms with Gasteiger partial charge in [0.25, 0.3) is 11.8 Å². The van der Waals surface area contributed by atoms with Crippen molar-refractivity contribution in [3.63, 3.8) is 0 Å². The van der Waals surface area contributed by atoms with Gasteiger partial charge in [-0.1, -0.05) is 6.07 Å². The summed E-state index contributed by atoms with van der Waals surface area (Å²) in [5.41, 5.74) is 0.908. The van der Waals surface area contributed by atoms with E-state index >= 15 is 0 Å². The lowest BCUT2D eigenvalue weighted by atomic mass is 10.0. The summed E-state index contributed by atoms with van der Waals surface area (Å²) >= 11 is 0. The van der Waals surface area contributed by atoms with Crippen LogP contribution in [0.2, 0.25) is 0 Å². The number of anilines is 1. The highest BCUT2D eigenvalue weighted by Gasteiger charge is 2.45. The Labute approximate surface area is 322 Å². The molecule has 1 fully saturated rings. The van der Waals surface area contributed by atoms with E-state index in [4.69, 9.17) is 52.1 Å². The Morgan fingerprint density at radius 1 is 0.564 bits per heavy atom. The molecule has 0 bridgehead atoms. The number of rotatable bonds is 36. The summed E-state index contributed by atoms with van der Waals surface area (Å²) in [5.74, 6) is -2.17. The van der Waals surface area contributed by atoms with Crippen LogP contribution < -0.4 is 10.6 Å². The number of hydrogen-bond donors (Lipinski definition) is 2. The molecule has 0 aliphatic carbocycles. The van der Waals surface area contributed by atoms with E-state index in [1.165, 1.54) is 0 Å². The maximum absolute atomic E-state index is 13.2. The average molecular weight is 786 g/mol. The van der Waals surface area contributed by atoms with Crippen LogP contribution in [0.25, 0.3) is 0 Å². The van der Waals surface area contributed by atoms with E-state index < -0.39 is 29.7 Å². The Kier molecular flexibility index (Phi) is 25.3. The van der Waals surface area contributed by atoms with Gasteiger partial charge in [-0.25, -0.2) is 0 Å². The summed E-state index contributed by atoms with van der Waals surface area (Å²) in [6, 6.07) is 3.90. The van der Waals surface area contributed by atoms with Crippen LogP contribution in [-0.4, -0.2) is 186 Å². The molecule has 0 saturated carbocycles. The van der Waals surface area contributed by atoms with Crippen LogP contribution in [0.4, 0.5) is 5.69 Å². The Morgan fingerprint density at radius 2 is 0.964 bits per heavy atom. The van der Waals surface area contributed by atoms with Crippen molar-refractivity contribution in [3.05, 3.63) is 29.3 Å². The monoisotopic (exact) mass is 785 g/mol. The number of carbonyl (C=O) groups is 4. The maximum atomic E-state index is 13.2. The Balaban J connectivity index is 1.01. The average Bonchev–Trinajstić information content (AvgIpc) is 3.44. The molecule has 1 saturated heterocycles. The van der Waals surface area contributed by atoms with Crippen LogP contribution in [0.15, 0.2) is 18.2 Å². The normalized spacial score (nSPS) is 15.6. The molecule has 4 amide bonds. The van der Waals surface area contributed by atoms with Crippen molar-refractivity contribution < 1.29 is 71.3 Å². The third-order valence-electron chi connectivity index (χ3n) is 7.95. The smallest absolute Gasteiger partial charge is 0.264 e. The number of carbonyl (C=O) groups excluding carboxylic acids is 4. The molecule has 2 heterocycles. The lowest BCUT2D eigenvalue weighted by Gasteiger charge is -2.27. The second-order valence-corrected chi connectivity index (χ2v) is 11.9. The number of piperidine rings is 1. The van der Waals surface area contributed by atoms with Gasteiger partial charge < -0.3 is 57.4 Å². The lowest BCUT2D eigenvalue weighted by molar-refractivity contribution is -0.136. The Bertz CT molecular complexity index is 1240. The van der Waals surface area contributed by atoms with Crippen molar-refractivity contribution in [2.24, 2.45) is 0 Å². The van der Waals surface area contributed by atoms with Crippen molar-refractivity contribution in [2.45, 2.75) is 25.8 Å². The molecular weight excluding hydrogens is 726 g/mol. The van der Waals surface area contributed by atoms with E-state index in [2.05, 4.69) is 10.6 Å². The van der Waals surface area contributed by atoms with Gasteiger partial charge in [-0.05, 0) is 25.5 Å². The highest BCUT2D eigenvalue weighted by Crippen LogP contribution is 2.32. The minimum Gasteiger partial charge on any atom is -0.382 e. The molecule has 2 N–H and O–H groups in total. The van der Waals surface area contributed by atoms with Crippen LogP contribution in [0.1, 0.15) is 40.5 Å². The molecule has 1 unspecified atom stereocenters. The van der Waals surface area contributed by atoms with Crippen LogP contribution in [0, 0.1) is 0 Å². The number of ether oxygens (including phenoxy) is 11. The van der Waals surface area contributed by atoms with E-state index in [0.29, 0.717) is 158 Å². The van der Waals surface area contributed by atoms with Gasteiger partial charge in [-0.2, -0.15) is 0 Å². The van der Waals surface area contributed by atoms with Gasteiger partial charge in [-0.3, -0.25) is 29.4 Å². The Morgan fingerprint density at radius 3 is 1.36 bits per heavy atom. The second-order valence-electron chi connectivity index (χ2n) is 11.9. The van der Waals surface area contributed by atoms with Crippen molar-refractivity contribution in [2.75, 3.05) is 157 Å². The first-order valence-electron chi connectivity index (χ1n) is 19.0. The van der Waals surface area contributed by atoms with Crippen molar-refractivity contribution in [3.8, 4) is 0 Å². The standard InChI is InChI=1S/C37H59N3O15/c1-2-45-10-11-47-14-15-49-18-19-51-22-23-53-26-27-55-29-28-54-25-24-52-21-20-50-17-16-48-13-12-46-9-8-38-31-5-3-4-30-34(31)37(44)40(36(30)43)32-6-7-33(41)39-35(32)42/h3-5,32,38H,2,6-29H2,1H3,(H,39,41,42). The zero-order valence-electron chi connectivity index (χ0n) is 32.1. The molecule has 18 nitrogen and oxygen atoms in total. The first-order chi connectivity index (χ1) is 27.0. The zero-order valence-corrected chi connectivity index (χ0v) is 32.1. The third-order valence-corrected chi connectivity index (χ3v) is 7.95. The van der Waals surface area contributed by atoms with E-state index in [1.807, 2.05) is 6.92 Å². The third kappa shape index (κ3) is 19.0. The quantitative estimate of drug-likeness (QED) is 0.0712. The van der Waals surface area contributed by atoms with Gasteiger partial charge in [0.1, 0.15) is 6.04 Å². The minimum absolute atomic E-state index is 0.0658. The van der Waals surface area contributed by atoms with Gasteiger partial charge in [0.2, 0.25) is 11.8 Å². The molecule has 1 aromatic carbocycles. The summed E-state index contributed by atoms with van der Waals surface area (Å²) in [5, 5.41) is 5.33. The van der Waals surface area contributed by atoms with E-state index in [-0.39, 0.29) is 24.0 Å². The first-order valence-corrected chi connectivity index (χ1v) is 19.0. The molecule has 18 heteroatoms. The molecule has 0 spiro atoms. The molecule has 2 aliphatic heterocycles. The number of fused-ring (bicyclic) bond motifs is 1. The van der Waals surface area contributed by atoms with E-state index in [0.717, 1.165) is 4.90 Å². The summed E-state index contributed by atoms with van der Waals surface area (Å²) in [6.07, 6.45) is 0.169. The van der Waals surface area contributed by atoms with Crippen molar-refractivity contribution >= 4 is 29.3 Å². The molecule has 55 heavy (non-hydrogen) atoms. The largest absolute Gasteiger partial charge is 0.382 e. The highest BCUT2D eigenvalue weighted by atomic mass is 16.6.